The van der Waals surface area contributed by atoms with Crippen LogP contribution >= 0.6 is 12.4 Å². The van der Waals surface area contributed by atoms with E-state index in [1.807, 2.05) is 11.9 Å². The van der Waals surface area contributed by atoms with E-state index in [-0.39, 0.29) is 29.8 Å². The lowest BCUT2D eigenvalue weighted by Crippen LogP contribution is -2.50. The van der Waals surface area contributed by atoms with Crippen LogP contribution < -0.4 is 5.32 Å². The molecular formula is C19H26ClF2N3O2. The molecule has 0 saturated carbocycles. The van der Waals surface area contributed by atoms with E-state index in [1.54, 1.807) is 4.90 Å². The molecular weight excluding hydrogens is 376 g/mol. The first-order valence-corrected chi connectivity index (χ1v) is 9.20. The second kappa shape index (κ2) is 9.46. The fraction of sp³-hybridized carbons (Fsp3) is 0.579. The maximum atomic E-state index is 13.8. The van der Waals surface area contributed by atoms with Gasteiger partial charge in [0, 0.05) is 44.2 Å². The zero-order valence-corrected chi connectivity index (χ0v) is 16.2. The van der Waals surface area contributed by atoms with Gasteiger partial charge in [0.05, 0.1) is 5.56 Å². The molecule has 2 aliphatic rings. The number of hydrogen-bond donors (Lipinski definition) is 1. The highest BCUT2D eigenvalue weighted by Crippen LogP contribution is 2.24. The second-order valence-corrected chi connectivity index (χ2v) is 7.10. The molecule has 1 N–H and O–H groups in total. The molecule has 1 unspecified atom stereocenters. The van der Waals surface area contributed by atoms with Crippen molar-refractivity contribution in [1.29, 1.82) is 0 Å². The highest BCUT2D eigenvalue weighted by Gasteiger charge is 2.32. The van der Waals surface area contributed by atoms with Gasteiger partial charge in [-0.15, -0.1) is 12.4 Å². The summed E-state index contributed by atoms with van der Waals surface area (Å²) < 4.78 is 26.8. The van der Waals surface area contributed by atoms with Crippen LogP contribution in [0.25, 0.3) is 0 Å². The summed E-state index contributed by atoms with van der Waals surface area (Å²) in [6.45, 7) is 2.34. The molecule has 2 amide bonds. The van der Waals surface area contributed by atoms with E-state index in [9.17, 15) is 18.4 Å². The minimum atomic E-state index is -0.848. The summed E-state index contributed by atoms with van der Waals surface area (Å²) >= 11 is 0. The third-order valence-corrected chi connectivity index (χ3v) is 5.43. The quantitative estimate of drug-likeness (QED) is 0.846. The Hall–Kier alpha value is -1.73. The van der Waals surface area contributed by atoms with Crippen molar-refractivity contribution in [3.8, 4) is 0 Å². The third-order valence-electron chi connectivity index (χ3n) is 5.43. The largest absolute Gasteiger partial charge is 0.341 e. The Morgan fingerprint density at radius 3 is 2.41 bits per heavy atom. The Labute approximate surface area is 164 Å². The lowest BCUT2D eigenvalue weighted by Gasteiger charge is -2.37. The number of carbonyl (C=O) groups is 2. The van der Waals surface area contributed by atoms with Crippen LogP contribution in [-0.2, 0) is 4.79 Å². The van der Waals surface area contributed by atoms with Gasteiger partial charge in [0.15, 0.2) is 0 Å². The highest BCUT2D eigenvalue weighted by molar-refractivity contribution is 5.94. The Balaban J connectivity index is 0.00000261. The first-order chi connectivity index (χ1) is 12.5. The Bertz CT molecular complexity index is 681. The first-order valence-electron chi connectivity index (χ1n) is 9.20. The van der Waals surface area contributed by atoms with Crippen LogP contribution in [0.4, 0.5) is 8.78 Å². The van der Waals surface area contributed by atoms with E-state index in [2.05, 4.69) is 5.32 Å². The molecule has 2 saturated heterocycles. The molecule has 2 aliphatic heterocycles. The topological polar surface area (TPSA) is 52.7 Å². The monoisotopic (exact) mass is 401 g/mol. The molecule has 0 radical (unpaired) electrons. The average molecular weight is 402 g/mol. The summed E-state index contributed by atoms with van der Waals surface area (Å²) in [5.41, 5.74) is -0.121. The van der Waals surface area contributed by atoms with E-state index in [1.165, 1.54) is 6.07 Å². The standard InChI is InChI=1S/C19H25F2N3O2.ClH/c1-22-15-3-2-8-24(12-15)18(25)13-6-9-23(10-7-13)19(26)16-5-4-14(20)11-17(16)21;/h4-5,11,13,15,22H,2-3,6-10,12H2,1H3;1H. The van der Waals surface area contributed by atoms with Gasteiger partial charge in [-0.2, -0.15) is 0 Å². The van der Waals surface area contributed by atoms with Crippen molar-refractivity contribution in [2.75, 3.05) is 33.2 Å². The van der Waals surface area contributed by atoms with Crippen molar-refractivity contribution < 1.29 is 18.4 Å². The van der Waals surface area contributed by atoms with Gasteiger partial charge >= 0.3 is 0 Å². The number of likely N-dealkylation sites (N-methyl/N-ethyl adjacent to an activating group) is 1. The van der Waals surface area contributed by atoms with E-state index in [0.717, 1.165) is 38.1 Å². The Morgan fingerprint density at radius 1 is 1.07 bits per heavy atom. The zero-order chi connectivity index (χ0) is 18.7. The lowest BCUT2D eigenvalue weighted by molar-refractivity contribution is -0.138. The van der Waals surface area contributed by atoms with Gasteiger partial charge in [0.25, 0.3) is 5.91 Å². The van der Waals surface area contributed by atoms with Gasteiger partial charge in [-0.05, 0) is 44.9 Å². The average Bonchev–Trinajstić information content (AvgIpc) is 2.67. The van der Waals surface area contributed by atoms with Crippen molar-refractivity contribution in [3.05, 3.63) is 35.4 Å². The molecule has 3 rings (SSSR count). The highest BCUT2D eigenvalue weighted by atomic mass is 35.5. The number of likely N-dealkylation sites (tertiary alicyclic amines) is 2. The summed E-state index contributed by atoms with van der Waals surface area (Å²) in [6.07, 6.45) is 3.23. The molecule has 0 spiro atoms. The number of benzene rings is 1. The Kier molecular flexibility index (Phi) is 7.56. The fourth-order valence-corrected chi connectivity index (χ4v) is 3.83. The minimum Gasteiger partial charge on any atom is -0.341 e. The maximum absolute atomic E-state index is 13.8. The molecule has 0 aromatic heterocycles. The van der Waals surface area contributed by atoms with E-state index in [4.69, 9.17) is 0 Å². The summed E-state index contributed by atoms with van der Waals surface area (Å²) in [4.78, 5) is 28.7. The van der Waals surface area contributed by atoms with Crippen molar-refractivity contribution in [2.24, 2.45) is 5.92 Å². The normalized spacial score (nSPS) is 20.9. The molecule has 2 heterocycles. The summed E-state index contributed by atoms with van der Waals surface area (Å²) in [7, 11) is 1.91. The summed E-state index contributed by atoms with van der Waals surface area (Å²) in [5.74, 6) is -1.93. The molecule has 0 bridgehead atoms. The first kappa shape index (κ1) is 21.6. The van der Waals surface area contributed by atoms with E-state index < -0.39 is 17.5 Å². The fourth-order valence-electron chi connectivity index (χ4n) is 3.83. The van der Waals surface area contributed by atoms with E-state index >= 15 is 0 Å². The van der Waals surface area contributed by atoms with Gasteiger partial charge in [0.1, 0.15) is 11.6 Å². The molecule has 1 atom stereocenters. The Morgan fingerprint density at radius 2 is 1.78 bits per heavy atom. The number of rotatable bonds is 3. The van der Waals surface area contributed by atoms with Gasteiger partial charge in [0.2, 0.25) is 5.91 Å². The number of piperidine rings is 2. The number of nitrogens with zero attached hydrogens (tertiary/aromatic N) is 2. The van der Waals surface area contributed by atoms with Crippen LogP contribution in [0.2, 0.25) is 0 Å². The van der Waals surface area contributed by atoms with Crippen molar-refractivity contribution >= 4 is 24.2 Å². The number of halogens is 3. The van der Waals surface area contributed by atoms with Crippen LogP contribution in [0.1, 0.15) is 36.0 Å². The second-order valence-electron chi connectivity index (χ2n) is 7.10. The molecule has 27 heavy (non-hydrogen) atoms. The number of carbonyl (C=O) groups excluding carboxylic acids is 2. The molecule has 5 nitrogen and oxygen atoms in total. The lowest BCUT2D eigenvalue weighted by atomic mass is 9.93. The van der Waals surface area contributed by atoms with Gasteiger partial charge in [-0.3, -0.25) is 9.59 Å². The molecule has 1 aromatic carbocycles. The van der Waals surface area contributed by atoms with Gasteiger partial charge < -0.3 is 15.1 Å². The molecule has 150 valence electrons. The van der Waals surface area contributed by atoms with Gasteiger partial charge in [-0.25, -0.2) is 8.78 Å². The zero-order valence-electron chi connectivity index (χ0n) is 15.4. The maximum Gasteiger partial charge on any atom is 0.256 e. The molecule has 0 aliphatic carbocycles. The SMILES string of the molecule is CNC1CCCN(C(=O)C2CCN(C(=O)c3ccc(F)cc3F)CC2)C1.Cl. The van der Waals surface area contributed by atoms with Crippen molar-refractivity contribution in [1.82, 2.24) is 15.1 Å². The third kappa shape index (κ3) is 4.96. The number of amides is 2. The van der Waals surface area contributed by atoms with Crippen molar-refractivity contribution in [3.63, 3.8) is 0 Å². The molecule has 8 heteroatoms. The van der Waals surface area contributed by atoms with Crippen LogP contribution in [0.3, 0.4) is 0 Å². The van der Waals surface area contributed by atoms with E-state index in [0.29, 0.717) is 32.0 Å². The smallest absolute Gasteiger partial charge is 0.256 e. The summed E-state index contributed by atoms with van der Waals surface area (Å²) in [5, 5.41) is 3.23. The summed E-state index contributed by atoms with van der Waals surface area (Å²) in [6, 6.07) is 3.32. The molecule has 2 fully saturated rings. The minimum absolute atomic E-state index is 0. The van der Waals surface area contributed by atoms with Gasteiger partial charge in [-0.1, -0.05) is 0 Å². The van der Waals surface area contributed by atoms with Crippen LogP contribution in [0.15, 0.2) is 18.2 Å². The predicted octanol–water partition coefficient (Wildman–Crippen LogP) is 2.45. The predicted molar refractivity (Wildman–Crippen MR) is 101 cm³/mol. The molecule has 1 aromatic rings. The van der Waals surface area contributed by atoms with Crippen LogP contribution in [-0.4, -0.2) is 60.9 Å². The van der Waals surface area contributed by atoms with Crippen LogP contribution in [0, 0.1) is 17.6 Å². The van der Waals surface area contributed by atoms with Crippen LogP contribution in [0.5, 0.6) is 0 Å². The number of nitrogens with one attached hydrogen (secondary N) is 1. The van der Waals surface area contributed by atoms with Crippen molar-refractivity contribution in [2.45, 2.75) is 31.7 Å². The number of hydrogen-bond acceptors (Lipinski definition) is 3.